The van der Waals surface area contributed by atoms with Crippen LogP contribution in [0.1, 0.15) is 26.0 Å². The standard InChI is InChI=1S/C57H36N4O/c1-4-15-37(16-5-1)39-27-29-41(30-28-39)56-58-55(40-19-8-3-9-20-40)59-57(60-56)46-33-31-43(44-23-14-26-53-54(44)47-22-11-13-25-52(47)62-53)36-51(46)61-49-24-12-10-21-45(49)48-35-42(32-34-50(48)61)38-17-6-2-7-18-38/h1-36H/i2D,6D,7D,10D,11D,12D,13D,14D,17D,18D,21D,22D,23D,24D,25D,26D,32D,34D,35D. The summed E-state index contributed by atoms with van der Waals surface area (Å²) in [7, 11) is 0. The van der Waals surface area contributed by atoms with E-state index in [1.807, 2.05) is 54.6 Å². The molecule has 0 spiro atoms. The number of benzene rings is 9. The predicted molar refractivity (Wildman–Crippen MR) is 254 cm³/mol. The summed E-state index contributed by atoms with van der Waals surface area (Å²) in [6, 6.07) is 17.1. The van der Waals surface area contributed by atoms with Crippen LogP contribution in [0.15, 0.2) is 222 Å². The molecule has 9 aromatic carbocycles. The molecule has 290 valence electrons. The summed E-state index contributed by atoms with van der Waals surface area (Å²) < 4.78 is 179. The second-order valence-corrected chi connectivity index (χ2v) is 14.1. The molecule has 0 N–H and O–H groups in total. The molecular formula is C57H36N4O. The monoisotopic (exact) mass is 811 g/mol. The number of aromatic nitrogens is 4. The first-order chi connectivity index (χ1) is 38.6. The van der Waals surface area contributed by atoms with Crippen molar-refractivity contribution in [2.24, 2.45) is 0 Å². The van der Waals surface area contributed by atoms with Gasteiger partial charge >= 0.3 is 0 Å². The Balaban J connectivity index is 1.26. The maximum Gasteiger partial charge on any atom is 0.166 e. The van der Waals surface area contributed by atoms with Crippen LogP contribution in [0, 0.1) is 0 Å². The van der Waals surface area contributed by atoms with E-state index in [2.05, 4.69) is 0 Å². The van der Waals surface area contributed by atoms with Gasteiger partial charge in [-0.1, -0.05) is 176 Å². The van der Waals surface area contributed by atoms with Gasteiger partial charge in [0.25, 0.3) is 0 Å². The Bertz CT molecular complexity index is 4710. The summed E-state index contributed by atoms with van der Waals surface area (Å²) >= 11 is 0. The van der Waals surface area contributed by atoms with Gasteiger partial charge in [0.1, 0.15) is 11.2 Å². The van der Waals surface area contributed by atoms with Gasteiger partial charge in [-0.3, -0.25) is 0 Å². The molecule has 0 aliphatic rings. The third-order valence-corrected chi connectivity index (χ3v) is 10.5. The van der Waals surface area contributed by atoms with E-state index in [0.29, 0.717) is 11.1 Å². The summed E-state index contributed by atoms with van der Waals surface area (Å²) in [6.07, 6.45) is 0. The Hall–Kier alpha value is -8.41. The normalized spacial score (nSPS) is 15.8. The van der Waals surface area contributed by atoms with Crippen molar-refractivity contribution in [2.45, 2.75) is 0 Å². The van der Waals surface area contributed by atoms with Crippen LogP contribution >= 0.6 is 0 Å². The van der Waals surface area contributed by atoms with E-state index in [9.17, 15) is 8.22 Å². The Morgan fingerprint density at radius 1 is 0.387 bits per heavy atom. The van der Waals surface area contributed by atoms with Crippen molar-refractivity contribution in [3.8, 4) is 73.2 Å². The molecule has 3 aromatic heterocycles. The minimum Gasteiger partial charge on any atom is -0.456 e. The van der Waals surface area contributed by atoms with E-state index >= 15 is 0 Å². The lowest BCUT2D eigenvalue weighted by Gasteiger charge is -2.17. The first kappa shape index (κ1) is 21.2. The van der Waals surface area contributed by atoms with E-state index < -0.39 is 126 Å². The lowest BCUT2D eigenvalue weighted by Crippen LogP contribution is -2.04. The van der Waals surface area contributed by atoms with Crippen LogP contribution in [0.3, 0.4) is 0 Å². The molecular weight excluding hydrogens is 757 g/mol. The summed E-state index contributed by atoms with van der Waals surface area (Å²) in [4.78, 5) is 14.9. The molecule has 0 amide bonds. The molecule has 5 nitrogen and oxygen atoms in total. The third kappa shape index (κ3) is 6.06. The molecule has 0 unspecified atom stereocenters. The highest BCUT2D eigenvalue weighted by atomic mass is 16.3. The molecule has 0 fully saturated rings. The Kier molecular flexibility index (Phi) is 5.03. The van der Waals surface area contributed by atoms with E-state index in [4.69, 9.17) is 37.2 Å². The number of nitrogens with zero attached hydrogens (tertiary/aromatic N) is 4. The molecule has 12 aromatic rings. The maximum absolute atomic E-state index is 9.88. The molecule has 3 heterocycles. The second-order valence-electron chi connectivity index (χ2n) is 14.1. The molecule has 12 rings (SSSR count). The number of rotatable bonds is 7. The van der Waals surface area contributed by atoms with Crippen LogP contribution in [0.25, 0.3) is 117 Å². The van der Waals surface area contributed by atoms with Crippen LogP contribution in [-0.4, -0.2) is 19.5 Å². The van der Waals surface area contributed by atoms with Gasteiger partial charge in [0.15, 0.2) is 17.5 Å². The Labute approximate surface area is 384 Å². The summed E-state index contributed by atoms with van der Waals surface area (Å²) in [5.74, 6) is 0.278. The second kappa shape index (κ2) is 14.7. The van der Waals surface area contributed by atoms with Crippen LogP contribution in [0.5, 0.6) is 0 Å². The van der Waals surface area contributed by atoms with Crippen molar-refractivity contribution in [3.05, 3.63) is 218 Å². The van der Waals surface area contributed by atoms with E-state index in [1.54, 1.807) is 30.3 Å². The average Bonchev–Trinajstić information content (AvgIpc) is 3.85. The summed E-state index contributed by atoms with van der Waals surface area (Å²) in [5.41, 5.74) is 0.104. The molecule has 0 aliphatic carbocycles. The number of fused-ring (bicyclic) bond motifs is 6. The van der Waals surface area contributed by atoms with Gasteiger partial charge < -0.3 is 8.98 Å². The number of hydrogen-bond acceptors (Lipinski definition) is 4. The zero-order valence-electron chi connectivity index (χ0n) is 51.0. The number of hydrogen-bond donors (Lipinski definition) is 0. The maximum atomic E-state index is 9.88. The van der Waals surface area contributed by atoms with Gasteiger partial charge in [-0.2, -0.15) is 0 Å². The fraction of sp³-hybridized carbons (Fsp3) is 0. The fourth-order valence-electron chi connectivity index (χ4n) is 7.68. The predicted octanol–water partition coefficient (Wildman–Crippen LogP) is 14.9. The smallest absolute Gasteiger partial charge is 0.166 e. The van der Waals surface area contributed by atoms with Crippen molar-refractivity contribution in [1.82, 2.24) is 19.5 Å². The molecule has 0 saturated carbocycles. The van der Waals surface area contributed by atoms with Crippen LogP contribution < -0.4 is 0 Å². The van der Waals surface area contributed by atoms with E-state index in [1.165, 1.54) is 22.8 Å². The molecule has 5 heteroatoms. The van der Waals surface area contributed by atoms with Gasteiger partial charge in [-0.25, -0.2) is 15.0 Å². The van der Waals surface area contributed by atoms with Gasteiger partial charge in [-0.15, -0.1) is 0 Å². The van der Waals surface area contributed by atoms with Gasteiger partial charge in [0.05, 0.1) is 42.8 Å². The zero-order valence-corrected chi connectivity index (χ0v) is 32.0. The quantitative estimate of drug-likeness (QED) is 0.161. The highest BCUT2D eigenvalue weighted by Crippen LogP contribution is 2.42. The van der Waals surface area contributed by atoms with E-state index in [-0.39, 0.29) is 83.6 Å². The lowest BCUT2D eigenvalue weighted by atomic mass is 9.97. The van der Waals surface area contributed by atoms with Crippen molar-refractivity contribution in [3.63, 3.8) is 0 Å². The fourth-order valence-corrected chi connectivity index (χ4v) is 7.68. The van der Waals surface area contributed by atoms with Crippen molar-refractivity contribution < 1.29 is 30.5 Å². The van der Waals surface area contributed by atoms with Gasteiger partial charge in [-0.05, 0) is 75.7 Å². The van der Waals surface area contributed by atoms with Crippen molar-refractivity contribution >= 4 is 43.7 Å². The molecule has 62 heavy (non-hydrogen) atoms. The number of furan rings is 1. The van der Waals surface area contributed by atoms with Crippen molar-refractivity contribution in [1.29, 1.82) is 0 Å². The summed E-state index contributed by atoms with van der Waals surface area (Å²) in [6.45, 7) is 0. The molecule has 0 bridgehead atoms. The zero-order chi connectivity index (χ0) is 57.5. The third-order valence-electron chi connectivity index (χ3n) is 10.5. The average molecular weight is 812 g/mol. The Morgan fingerprint density at radius 3 is 1.77 bits per heavy atom. The molecule has 0 radical (unpaired) electrons. The summed E-state index contributed by atoms with van der Waals surface area (Å²) in [5, 5.41) is -1.07. The number of para-hydroxylation sites is 2. The highest BCUT2D eigenvalue weighted by Gasteiger charge is 2.22. The molecule has 0 saturated heterocycles. The SMILES string of the molecule is [2H]c1c([2H])c([2H])c(-c2c([2H])c([2H])c3c(c2[2H])c2c([2H])c([2H])c([2H])c([2H])c2n3-c2cc(-c3c([2H])c([2H])c([2H])c4oc5c([2H])c([2H])c([2H])c([2H])c5c34)ccc2-c2nc(-c3ccccc3)nc(-c3ccc(-c4ccccc4)cc3)n2)c([2H])c1[2H]. The van der Waals surface area contributed by atoms with Crippen LogP contribution in [0.2, 0.25) is 0 Å². The highest BCUT2D eigenvalue weighted by molar-refractivity contribution is 6.13. The van der Waals surface area contributed by atoms with Crippen LogP contribution in [0.4, 0.5) is 0 Å². The molecule has 0 atom stereocenters. The molecule has 0 aliphatic heterocycles. The lowest BCUT2D eigenvalue weighted by molar-refractivity contribution is 0.669. The minimum atomic E-state index is -0.810. The van der Waals surface area contributed by atoms with Gasteiger partial charge in [0, 0.05) is 38.2 Å². The minimum absolute atomic E-state index is 0.0109. The first-order valence-corrected chi connectivity index (χ1v) is 19.3. The van der Waals surface area contributed by atoms with Crippen LogP contribution in [-0.2, 0) is 0 Å². The van der Waals surface area contributed by atoms with Crippen molar-refractivity contribution in [2.75, 3.05) is 0 Å². The first-order valence-electron chi connectivity index (χ1n) is 28.8. The van der Waals surface area contributed by atoms with E-state index in [0.717, 1.165) is 11.1 Å². The van der Waals surface area contributed by atoms with Gasteiger partial charge in [0.2, 0.25) is 0 Å². The topological polar surface area (TPSA) is 56.7 Å². The Morgan fingerprint density at radius 2 is 0.984 bits per heavy atom. The largest absolute Gasteiger partial charge is 0.456 e.